The molecule has 0 aliphatic heterocycles. The first-order chi connectivity index (χ1) is 48.4. The number of hydrogen-bond donors (Lipinski definition) is 0. The molecule has 104 heavy (non-hydrogen) atoms. The zero-order chi connectivity index (χ0) is 78.4. The second-order valence-corrected chi connectivity index (χ2v) is 31.1. The molecule has 550 valence electrons. The molecule has 0 amide bonds. The molecule has 0 heterocycles. The fourth-order valence-corrected chi connectivity index (χ4v) is 13.2. The molecule has 0 atom stereocenters. The van der Waals surface area contributed by atoms with Crippen LogP contribution in [-0.2, 0) is 6.42 Å². The monoisotopic (exact) mass is 1390 g/mol. The lowest BCUT2D eigenvalue weighted by Gasteiger charge is -2.15. The Balaban J connectivity index is 0.000000221. The van der Waals surface area contributed by atoms with E-state index in [2.05, 4.69) is 383 Å². The lowest BCUT2D eigenvalue weighted by molar-refractivity contribution is 0.480. The van der Waals surface area contributed by atoms with Crippen molar-refractivity contribution in [1.29, 1.82) is 0 Å². The summed E-state index contributed by atoms with van der Waals surface area (Å²) < 4.78 is 6.01. The van der Waals surface area contributed by atoms with E-state index in [-0.39, 0.29) is 0 Å². The van der Waals surface area contributed by atoms with Crippen LogP contribution in [0.3, 0.4) is 0 Å². The van der Waals surface area contributed by atoms with E-state index in [1.165, 1.54) is 234 Å². The highest BCUT2D eigenvalue weighted by atomic mass is 16.5. The van der Waals surface area contributed by atoms with E-state index in [1.54, 1.807) is 0 Å². The third-order valence-corrected chi connectivity index (χ3v) is 23.7. The average Bonchev–Trinajstić information content (AvgIpc) is 0.789. The molecule has 1 heteroatoms. The van der Waals surface area contributed by atoms with Crippen LogP contribution >= 0.6 is 0 Å². The molecule has 11 rings (SSSR count). The molecule has 0 fully saturated rings. The zero-order valence-corrected chi connectivity index (χ0v) is 71.8. The maximum absolute atomic E-state index is 6.01. The molecule has 0 bridgehead atoms. The van der Waals surface area contributed by atoms with Gasteiger partial charge < -0.3 is 4.74 Å². The fraction of sp³-hybridized carbons (Fsp3) is 0.359. The van der Waals surface area contributed by atoms with Crippen molar-refractivity contribution in [3.05, 3.63) is 345 Å². The van der Waals surface area contributed by atoms with Gasteiger partial charge in [-0.1, -0.05) is 115 Å². The Bertz CT molecular complexity index is 4270. The predicted molar refractivity (Wildman–Crippen MR) is 462 cm³/mol. The van der Waals surface area contributed by atoms with Gasteiger partial charge in [-0.05, 0) is 508 Å². The molecular formula is C103H132O. The van der Waals surface area contributed by atoms with Gasteiger partial charge in [0.1, 0.15) is 11.5 Å². The third kappa shape index (κ3) is 22.9. The van der Waals surface area contributed by atoms with Crippen molar-refractivity contribution in [2.45, 2.75) is 256 Å². The summed E-state index contributed by atoms with van der Waals surface area (Å²) in [6.45, 7) is 78.4. The van der Waals surface area contributed by atoms with Crippen LogP contribution in [0.1, 0.15) is 211 Å². The number of benzene rings is 11. The number of rotatable bonds is 6. The van der Waals surface area contributed by atoms with Gasteiger partial charge in [0.2, 0.25) is 0 Å². The van der Waals surface area contributed by atoms with E-state index in [1.807, 2.05) is 0 Å². The SMILES string of the molecule is Cc1c(C)c(C)c(C)c(C)c1C.Cc1cc(-c2cc(C)c(C)c(C)c2)cc(C)c1C.Cc1cc(C)c(C)c(C)c1C.Cc1cc(Cc2cc(C)c(C)c(C)c2)cc(C)c1C.Cc1cc(Oc2cc(C)c(C)c(C)c2)cc(C)c1C.Cc1ccc(-c2ccc(C)c(C)c2)cc1C.Cc1ccc(C)c(C)c1. The molecule has 0 unspecified atom stereocenters. The summed E-state index contributed by atoms with van der Waals surface area (Å²) in [6, 6.07) is 49.0. The van der Waals surface area contributed by atoms with Crippen LogP contribution in [0, 0.1) is 249 Å². The second kappa shape index (κ2) is 37.8. The molecule has 0 N–H and O–H groups in total. The predicted octanol–water partition coefficient (Wildman–Crippen LogP) is 29.6. The Labute approximate surface area is 635 Å². The molecule has 0 aliphatic rings. The van der Waals surface area contributed by atoms with E-state index in [0.717, 1.165) is 17.9 Å². The van der Waals surface area contributed by atoms with Crippen LogP contribution < -0.4 is 4.74 Å². The highest BCUT2D eigenvalue weighted by Gasteiger charge is 2.12. The number of hydrogen-bond acceptors (Lipinski definition) is 1. The second-order valence-electron chi connectivity index (χ2n) is 31.1. The average molecular weight is 1390 g/mol. The molecule has 0 aliphatic carbocycles. The molecule has 1 nitrogen and oxygen atoms in total. The highest BCUT2D eigenvalue weighted by Crippen LogP contribution is 2.32. The van der Waals surface area contributed by atoms with Gasteiger partial charge in [0, 0.05) is 0 Å². The van der Waals surface area contributed by atoms with Gasteiger partial charge in [-0.3, -0.25) is 0 Å². The summed E-state index contributed by atoms with van der Waals surface area (Å²) in [5.74, 6) is 1.84. The van der Waals surface area contributed by atoms with E-state index in [0.29, 0.717) is 0 Å². The molecule has 0 saturated heterocycles. The lowest BCUT2D eigenvalue weighted by atomic mass is 9.90. The van der Waals surface area contributed by atoms with E-state index < -0.39 is 0 Å². The first-order valence-electron chi connectivity index (χ1n) is 37.8. The Kier molecular flexibility index (Phi) is 31.2. The summed E-state index contributed by atoms with van der Waals surface area (Å²) in [4.78, 5) is 0. The van der Waals surface area contributed by atoms with Gasteiger partial charge in [-0.2, -0.15) is 0 Å². The number of ether oxygens (including phenoxy) is 1. The Hall–Kier alpha value is -8.78. The van der Waals surface area contributed by atoms with Crippen LogP contribution in [0.15, 0.2) is 133 Å². The quantitative estimate of drug-likeness (QED) is 0.161. The van der Waals surface area contributed by atoms with Crippen molar-refractivity contribution in [2.75, 3.05) is 0 Å². The third-order valence-electron chi connectivity index (χ3n) is 23.7. The normalized spacial score (nSPS) is 10.5. The minimum atomic E-state index is 0.920. The Morgan fingerprint density at radius 2 is 0.356 bits per heavy atom. The van der Waals surface area contributed by atoms with Crippen molar-refractivity contribution in [3.63, 3.8) is 0 Å². The summed E-state index contributed by atoms with van der Waals surface area (Å²) in [6.07, 6.45) is 1.03. The molecule has 0 saturated carbocycles. The van der Waals surface area contributed by atoms with Crippen LogP contribution in [0.5, 0.6) is 11.5 Å². The van der Waals surface area contributed by atoms with Crippen molar-refractivity contribution in [1.82, 2.24) is 0 Å². The first kappa shape index (κ1) is 85.9. The highest BCUT2D eigenvalue weighted by molar-refractivity contribution is 5.69. The van der Waals surface area contributed by atoms with E-state index in [9.17, 15) is 0 Å². The maximum Gasteiger partial charge on any atom is 0.127 e. The van der Waals surface area contributed by atoms with Gasteiger partial charge in [0.25, 0.3) is 0 Å². The first-order valence-corrected chi connectivity index (χ1v) is 37.8. The summed E-state index contributed by atoms with van der Waals surface area (Å²) in [5.41, 5.74) is 58.0. The van der Waals surface area contributed by atoms with Crippen LogP contribution in [0.4, 0.5) is 0 Å². The van der Waals surface area contributed by atoms with Crippen molar-refractivity contribution in [3.8, 4) is 33.8 Å². The smallest absolute Gasteiger partial charge is 0.127 e. The van der Waals surface area contributed by atoms with E-state index in [4.69, 9.17) is 4.74 Å². The molecule has 0 radical (unpaired) electrons. The topological polar surface area (TPSA) is 9.23 Å². The van der Waals surface area contributed by atoms with Crippen molar-refractivity contribution < 1.29 is 4.74 Å². The van der Waals surface area contributed by atoms with Crippen LogP contribution in [0.2, 0.25) is 0 Å². The van der Waals surface area contributed by atoms with Crippen LogP contribution in [-0.4, -0.2) is 0 Å². The van der Waals surface area contributed by atoms with Crippen molar-refractivity contribution >= 4 is 0 Å². The zero-order valence-electron chi connectivity index (χ0n) is 71.8. The molecule has 0 spiro atoms. The maximum atomic E-state index is 6.01. The molecule has 11 aromatic rings. The summed E-state index contributed by atoms with van der Waals surface area (Å²) in [7, 11) is 0. The molecular weight excluding hydrogens is 1250 g/mol. The van der Waals surface area contributed by atoms with Crippen molar-refractivity contribution in [2.24, 2.45) is 0 Å². The lowest BCUT2D eigenvalue weighted by Crippen LogP contribution is -1.98. The summed E-state index contributed by atoms with van der Waals surface area (Å²) >= 11 is 0. The van der Waals surface area contributed by atoms with Crippen LogP contribution in [0.25, 0.3) is 22.3 Å². The number of aryl methyl sites for hydroxylation is 21. The van der Waals surface area contributed by atoms with Gasteiger partial charge in [0.05, 0.1) is 0 Å². The van der Waals surface area contributed by atoms with Gasteiger partial charge >= 0.3 is 0 Å². The Morgan fingerprint density at radius 3 is 0.596 bits per heavy atom. The van der Waals surface area contributed by atoms with Gasteiger partial charge in [-0.25, -0.2) is 0 Å². The minimum Gasteiger partial charge on any atom is -0.457 e. The molecule has 0 aromatic heterocycles. The van der Waals surface area contributed by atoms with E-state index >= 15 is 0 Å². The minimum absolute atomic E-state index is 0.920. The van der Waals surface area contributed by atoms with Gasteiger partial charge in [0.15, 0.2) is 0 Å². The molecule has 11 aromatic carbocycles. The largest absolute Gasteiger partial charge is 0.457 e. The summed E-state index contributed by atoms with van der Waals surface area (Å²) in [5, 5.41) is 0. The van der Waals surface area contributed by atoms with Gasteiger partial charge in [-0.15, -0.1) is 0 Å². The standard InChI is InChI=1S/C19H24.C18H22O.C18H22.C16H18.C12H18.C11H16.C9H12/c1-12-7-18(8-13(2)16(12)5)11-19-9-14(3)17(6)15(4)10-19;1-11-7-17(8-12(2)15(11)5)19-18-9-13(3)16(6)14(4)10-18;1-11-7-17(8-12(2)15(11)5)18-9-13(3)16(6)14(4)10-18;1-11-5-7-15(9-13(11)3)16-8-6-12(2)14(4)10-16;1-7-8(2)10(4)12(6)11(5)9(7)3;1-7-6-8(2)10(4)11(5)9(7)3;1-7-4-5-8(2)9(3)6-7/h7-10H,11H2,1-6H3;7-10H,1-6H3;7-10H,1-6H3;5-10H,1-4H3;1-6H3;6H,1-5H3;4-6H,1-3H3. The fourth-order valence-electron chi connectivity index (χ4n) is 13.2. The Morgan fingerprint density at radius 1 is 0.154 bits per heavy atom.